The molecule has 0 heterocycles. The lowest BCUT2D eigenvalue weighted by Crippen LogP contribution is -2.40. The van der Waals surface area contributed by atoms with E-state index in [1.165, 1.54) is 29.8 Å². The van der Waals surface area contributed by atoms with E-state index in [-0.39, 0.29) is 4.90 Å². The summed E-state index contributed by atoms with van der Waals surface area (Å²) in [5, 5.41) is 8.85. The summed E-state index contributed by atoms with van der Waals surface area (Å²) >= 11 is 0. The normalized spacial score (nSPS) is 10.9. The second-order valence-corrected chi connectivity index (χ2v) is 3.97. The van der Waals surface area contributed by atoms with Crippen molar-refractivity contribution in [3.8, 4) is 0 Å². The van der Waals surface area contributed by atoms with Crippen LogP contribution in [0.1, 0.15) is 0 Å². The minimum Gasteiger partial charge on any atom is -0.234 e. The highest BCUT2D eigenvalue weighted by atomic mass is 32.2. The first-order chi connectivity index (χ1) is 6.52. The zero-order valence-corrected chi connectivity index (χ0v) is 7.69. The summed E-state index contributed by atoms with van der Waals surface area (Å²) in [7, 11) is -3.86. The van der Waals surface area contributed by atoms with Crippen LogP contribution in [0.2, 0.25) is 0 Å². The fourth-order valence-electron chi connectivity index (χ4n) is 0.756. The molecule has 1 aromatic rings. The Labute approximate surface area is 79.9 Å². The number of nitrogens with one attached hydrogen (secondary N) is 2. The van der Waals surface area contributed by atoms with E-state index < -0.39 is 15.1 Å². The summed E-state index contributed by atoms with van der Waals surface area (Å²) in [5.41, 5.74) is 1.37. The topological polar surface area (TPSA) is 101 Å². The van der Waals surface area contributed by atoms with E-state index in [0.29, 0.717) is 0 Å². The highest BCUT2D eigenvalue weighted by Crippen LogP contribution is 2.05. The molecule has 0 unspecified atom stereocenters. The molecule has 0 aliphatic rings. The van der Waals surface area contributed by atoms with Gasteiger partial charge in [-0.3, -0.25) is 0 Å². The van der Waals surface area contributed by atoms with Gasteiger partial charge >= 0.3 is 0 Å². The first-order valence-corrected chi connectivity index (χ1v) is 4.97. The molecular formula is C6H7N3O4S. The molecule has 0 atom stereocenters. The second-order valence-electron chi connectivity index (χ2n) is 2.29. The number of nitro groups is 1. The van der Waals surface area contributed by atoms with Gasteiger partial charge in [-0.15, -0.1) is 0 Å². The summed E-state index contributed by atoms with van der Waals surface area (Å²) < 4.78 is 22.5. The van der Waals surface area contributed by atoms with Gasteiger partial charge in [0.15, 0.2) is 5.03 Å². The summed E-state index contributed by atoms with van der Waals surface area (Å²) in [4.78, 5) is 11.4. The number of hydrogen-bond donors (Lipinski definition) is 2. The Hall–Kier alpha value is -1.67. The molecule has 7 nitrogen and oxygen atoms in total. The lowest BCUT2D eigenvalue weighted by molar-refractivity contribution is -0.550. The number of hydrogen-bond acceptors (Lipinski definition) is 4. The maximum atomic E-state index is 11.3. The standard InChI is InChI=1S/C6H7N3O4S/c10-9(11)7-8-14(12,13)6-4-2-1-3-5-6/h1-5,7-8H. The monoisotopic (exact) mass is 217 g/mol. The van der Waals surface area contributed by atoms with Gasteiger partial charge in [0.25, 0.3) is 10.0 Å². The first-order valence-electron chi connectivity index (χ1n) is 3.49. The van der Waals surface area contributed by atoms with Crippen LogP contribution in [-0.4, -0.2) is 13.5 Å². The average molecular weight is 217 g/mol. The quantitative estimate of drug-likeness (QED) is 0.530. The number of hydrazine groups is 2. The third kappa shape index (κ3) is 2.68. The molecule has 1 aromatic carbocycles. The average Bonchev–Trinajstić information content (AvgIpc) is 2.16. The zero-order chi connectivity index (χ0) is 10.6. The Bertz CT molecular complexity index is 416. The molecule has 0 fully saturated rings. The van der Waals surface area contributed by atoms with Gasteiger partial charge in [0.1, 0.15) is 0 Å². The number of benzene rings is 1. The number of sulfonamides is 1. The minimum atomic E-state index is -3.86. The van der Waals surface area contributed by atoms with Crippen LogP contribution in [0.5, 0.6) is 0 Å². The number of nitrogens with zero attached hydrogens (tertiary/aromatic N) is 1. The van der Waals surface area contributed by atoms with Crippen molar-refractivity contribution in [3.63, 3.8) is 0 Å². The van der Waals surface area contributed by atoms with E-state index in [2.05, 4.69) is 0 Å². The molecule has 0 spiro atoms. The Morgan fingerprint density at radius 1 is 1.21 bits per heavy atom. The molecular weight excluding hydrogens is 210 g/mol. The molecule has 76 valence electrons. The SMILES string of the molecule is O=[N+]([O-])NNS(=O)(=O)c1ccccc1. The van der Waals surface area contributed by atoms with Crippen LogP contribution in [0, 0.1) is 10.1 Å². The van der Waals surface area contributed by atoms with Crippen molar-refractivity contribution in [1.82, 2.24) is 10.4 Å². The van der Waals surface area contributed by atoms with Crippen LogP contribution < -0.4 is 10.4 Å². The smallest absolute Gasteiger partial charge is 0.234 e. The largest absolute Gasteiger partial charge is 0.261 e. The molecule has 0 aliphatic heterocycles. The van der Waals surface area contributed by atoms with Gasteiger partial charge in [-0.05, 0) is 12.1 Å². The van der Waals surface area contributed by atoms with Crippen LogP contribution in [0.4, 0.5) is 0 Å². The molecule has 0 saturated heterocycles. The van der Waals surface area contributed by atoms with Crippen molar-refractivity contribution in [2.24, 2.45) is 0 Å². The summed E-state index contributed by atoms with van der Waals surface area (Å²) in [6, 6.07) is 7.31. The summed E-state index contributed by atoms with van der Waals surface area (Å²) in [6.07, 6.45) is 0. The Balaban J connectivity index is 2.82. The Morgan fingerprint density at radius 3 is 2.29 bits per heavy atom. The van der Waals surface area contributed by atoms with E-state index in [4.69, 9.17) is 0 Å². The van der Waals surface area contributed by atoms with Gasteiger partial charge in [0.2, 0.25) is 0 Å². The Kier molecular flexibility index (Phi) is 2.99. The van der Waals surface area contributed by atoms with Gasteiger partial charge in [-0.25, -0.2) is 18.5 Å². The van der Waals surface area contributed by atoms with E-state index in [0.717, 1.165) is 0 Å². The third-order valence-corrected chi connectivity index (χ3v) is 2.58. The van der Waals surface area contributed by atoms with Gasteiger partial charge in [0, 0.05) is 0 Å². The molecule has 14 heavy (non-hydrogen) atoms. The van der Waals surface area contributed by atoms with Crippen molar-refractivity contribution >= 4 is 10.0 Å². The fourth-order valence-corrected chi connectivity index (χ4v) is 1.58. The fraction of sp³-hybridized carbons (Fsp3) is 0. The van der Waals surface area contributed by atoms with E-state index in [1.807, 2.05) is 0 Å². The lowest BCUT2D eigenvalue weighted by Gasteiger charge is -2.02. The molecule has 0 aliphatic carbocycles. The van der Waals surface area contributed by atoms with E-state index in [1.54, 1.807) is 10.9 Å². The van der Waals surface area contributed by atoms with Crippen LogP contribution >= 0.6 is 0 Å². The van der Waals surface area contributed by atoms with Crippen molar-refractivity contribution < 1.29 is 13.5 Å². The van der Waals surface area contributed by atoms with Crippen molar-refractivity contribution in [2.75, 3.05) is 0 Å². The van der Waals surface area contributed by atoms with Gasteiger partial charge < -0.3 is 0 Å². The highest BCUT2D eigenvalue weighted by Gasteiger charge is 2.14. The van der Waals surface area contributed by atoms with Crippen LogP contribution in [-0.2, 0) is 10.0 Å². The Morgan fingerprint density at radius 2 is 1.79 bits per heavy atom. The third-order valence-electron chi connectivity index (χ3n) is 1.32. The van der Waals surface area contributed by atoms with Crippen molar-refractivity contribution in [3.05, 3.63) is 40.4 Å². The van der Waals surface area contributed by atoms with Gasteiger partial charge in [-0.2, -0.15) is 0 Å². The molecule has 0 bridgehead atoms. The molecule has 1 rings (SSSR count). The molecule has 0 aromatic heterocycles. The van der Waals surface area contributed by atoms with E-state index >= 15 is 0 Å². The minimum absolute atomic E-state index is 0.0469. The van der Waals surface area contributed by atoms with Gasteiger partial charge in [0.05, 0.1) is 4.90 Å². The zero-order valence-electron chi connectivity index (χ0n) is 6.88. The maximum absolute atomic E-state index is 11.3. The molecule has 0 amide bonds. The highest BCUT2D eigenvalue weighted by molar-refractivity contribution is 7.89. The van der Waals surface area contributed by atoms with Gasteiger partial charge in [-0.1, -0.05) is 28.6 Å². The molecule has 2 N–H and O–H groups in total. The lowest BCUT2D eigenvalue weighted by atomic mass is 10.4. The van der Waals surface area contributed by atoms with Crippen molar-refractivity contribution in [2.45, 2.75) is 4.90 Å². The predicted octanol–water partition coefficient (Wildman–Crippen LogP) is -0.339. The molecule has 0 radical (unpaired) electrons. The number of rotatable bonds is 4. The molecule has 0 saturated carbocycles. The predicted molar refractivity (Wildman–Crippen MR) is 46.9 cm³/mol. The summed E-state index contributed by atoms with van der Waals surface area (Å²) in [6.45, 7) is 0. The van der Waals surface area contributed by atoms with Crippen LogP contribution in [0.15, 0.2) is 35.2 Å². The maximum Gasteiger partial charge on any atom is 0.261 e. The van der Waals surface area contributed by atoms with E-state index in [9.17, 15) is 18.5 Å². The van der Waals surface area contributed by atoms with Crippen molar-refractivity contribution in [1.29, 1.82) is 0 Å². The second kappa shape index (κ2) is 4.03. The first kappa shape index (κ1) is 10.4. The summed E-state index contributed by atoms with van der Waals surface area (Å²) in [5.74, 6) is 0. The van der Waals surface area contributed by atoms with Crippen LogP contribution in [0.3, 0.4) is 0 Å². The van der Waals surface area contributed by atoms with Crippen LogP contribution in [0.25, 0.3) is 0 Å². The molecule has 8 heteroatoms.